The van der Waals surface area contributed by atoms with E-state index < -0.39 is 0 Å². The molecule has 0 aliphatic carbocycles. The van der Waals surface area contributed by atoms with Gasteiger partial charge >= 0.3 is 0 Å². The van der Waals surface area contributed by atoms with Gasteiger partial charge in [0.25, 0.3) is 0 Å². The van der Waals surface area contributed by atoms with Crippen LogP contribution in [0, 0.1) is 0 Å². The predicted molar refractivity (Wildman–Crippen MR) is 96.8 cm³/mol. The molecular weight excluding hydrogens is 292 g/mol. The van der Waals surface area contributed by atoms with Crippen LogP contribution in [0.4, 0.5) is 5.69 Å². The Kier molecular flexibility index (Phi) is 6.27. The molecule has 0 amide bonds. The molecule has 0 saturated heterocycles. The summed E-state index contributed by atoms with van der Waals surface area (Å²) in [5.74, 6) is 0.833. The van der Waals surface area contributed by atoms with Crippen molar-refractivity contribution in [2.75, 3.05) is 25.5 Å². The van der Waals surface area contributed by atoms with Crippen LogP contribution in [-0.2, 0) is 6.54 Å². The van der Waals surface area contributed by atoms with Gasteiger partial charge in [-0.05, 0) is 41.4 Å². The number of nitrogens with one attached hydrogen (secondary N) is 2. The molecule has 4 nitrogen and oxygen atoms in total. The fraction of sp³-hybridized carbons (Fsp3) is 0.353. The Morgan fingerprint density at radius 2 is 2.00 bits per heavy atom. The van der Waals surface area contributed by atoms with Gasteiger partial charge in [-0.25, -0.2) is 0 Å². The Bertz CT molecular complexity index is 566. The van der Waals surface area contributed by atoms with Gasteiger partial charge < -0.3 is 15.5 Å². The van der Waals surface area contributed by atoms with E-state index in [1.807, 2.05) is 6.07 Å². The zero-order valence-electron chi connectivity index (χ0n) is 13.4. The quantitative estimate of drug-likeness (QED) is 0.636. The number of anilines is 1. The summed E-state index contributed by atoms with van der Waals surface area (Å²) in [7, 11) is 3.91. The number of rotatable bonds is 6. The molecular formula is C17H24N4S. The molecule has 0 aliphatic rings. The maximum atomic E-state index is 4.27. The van der Waals surface area contributed by atoms with E-state index in [9.17, 15) is 0 Å². The minimum Gasteiger partial charge on any atom is -0.370 e. The largest absolute Gasteiger partial charge is 0.370 e. The van der Waals surface area contributed by atoms with Crippen LogP contribution >= 0.6 is 11.3 Å². The van der Waals surface area contributed by atoms with Crippen LogP contribution in [0.1, 0.15) is 12.5 Å². The summed E-state index contributed by atoms with van der Waals surface area (Å²) in [6, 6.07) is 12.9. The third kappa shape index (κ3) is 4.77. The second-order valence-electron chi connectivity index (χ2n) is 5.23. The molecule has 0 spiro atoms. The number of hydrogen-bond acceptors (Lipinski definition) is 3. The zero-order valence-corrected chi connectivity index (χ0v) is 14.2. The van der Waals surface area contributed by atoms with E-state index in [0.717, 1.165) is 19.0 Å². The molecule has 1 heterocycles. The number of hydrogen-bond donors (Lipinski definition) is 2. The van der Waals surface area contributed by atoms with Gasteiger partial charge in [-0.2, -0.15) is 11.3 Å². The summed E-state index contributed by atoms with van der Waals surface area (Å²) in [5.41, 5.74) is 2.50. The molecule has 0 fully saturated rings. The predicted octanol–water partition coefficient (Wildman–Crippen LogP) is 2.94. The summed E-state index contributed by atoms with van der Waals surface area (Å²) in [4.78, 5) is 6.53. The second kappa shape index (κ2) is 8.44. The summed E-state index contributed by atoms with van der Waals surface area (Å²) < 4.78 is 0. The average Bonchev–Trinajstić information content (AvgIpc) is 3.08. The number of thiophene rings is 1. The molecule has 1 aromatic carbocycles. The van der Waals surface area contributed by atoms with Gasteiger partial charge in [-0.1, -0.05) is 18.2 Å². The lowest BCUT2D eigenvalue weighted by molar-refractivity contribution is 0.648. The number of nitrogens with zero attached hydrogens (tertiary/aromatic N) is 2. The van der Waals surface area contributed by atoms with E-state index in [4.69, 9.17) is 0 Å². The molecule has 2 rings (SSSR count). The van der Waals surface area contributed by atoms with Gasteiger partial charge in [0.05, 0.1) is 0 Å². The fourth-order valence-electron chi connectivity index (χ4n) is 2.10. The maximum Gasteiger partial charge on any atom is 0.191 e. The van der Waals surface area contributed by atoms with Gasteiger partial charge in [0.1, 0.15) is 0 Å². The molecule has 0 bridgehead atoms. The van der Waals surface area contributed by atoms with E-state index in [1.165, 1.54) is 11.3 Å². The Balaban J connectivity index is 1.80. The van der Waals surface area contributed by atoms with E-state index in [0.29, 0.717) is 6.04 Å². The Labute approximate surface area is 136 Å². The van der Waals surface area contributed by atoms with Gasteiger partial charge in [0.2, 0.25) is 0 Å². The van der Waals surface area contributed by atoms with E-state index >= 15 is 0 Å². The highest BCUT2D eigenvalue weighted by atomic mass is 32.1. The molecule has 1 unspecified atom stereocenters. The maximum absolute atomic E-state index is 4.27. The lowest BCUT2D eigenvalue weighted by Gasteiger charge is -2.27. The van der Waals surface area contributed by atoms with Crippen molar-refractivity contribution in [1.82, 2.24) is 10.6 Å². The van der Waals surface area contributed by atoms with Crippen LogP contribution in [0.25, 0.3) is 0 Å². The van der Waals surface area contributed by atoms with Gasteiger partial charge in [0, 0.05) is 38.9 Å². The molecule has 118 valence electrons. The highest BCUT2D eigenvalue weighted by Crippen LogP contribution is 2.13. The normalized spacial score (nSPS) is 12.8. The Hall–Kier alpha value is -2.01. The zero-order chi connectivity index (χ0) is 15.8. The van der Waals surface area contributed by atoms with E-state index in [-0.39, 0.29) is 0 Å². The van der Waals surface area contributed by atoms with E-state index in [2.05, 4.69) is 75.6 Å². The Morgan fingerprint density at radius 1 is 1.23 bits per heavy atom. The topological polar surface area (TPSA) is 39.7 Å². The van der Waals surface area contributed by atoms with E-state index in [1.54, 1.807) is 18.4 Å². The van der Waals surface area contributed by atoms with Crippen LogP contribution < -0.4 is 15.5 Å². The van der Waals surface area contributed by atoms with Crippen LogP contribution in [-0.4, -0.2) is 32.6 Å². The van der Waals surface area contributed by atoms with Crippen molar-refractivity contribution in [2.24, 2.45) is 4.99 Å². The number of guanidine groups is 1. The minimum atomic E-state index is 0.363. The first-order chi connectivity index (χ1) is 10.7. The van der Waals surface area contributed by atoms with Gasteiger partial charge in [0.15, 0.2) is 5.96 Å². The van der Waals surface area contributed by atoms with Crippen molar-refractivity contribution in [1.29, 1.82) is 0 Å². The SMILES string of the molecule is CN=C(NCc1ccsc1)NCC(C)N(C)c1ccccc1. The third-order valence-corrected chi connectivity index (χ3v) is 4.39. The van der Waals surface area contributed by atoms with Gasteiger partial charge in [-0.15, -0.1) is 0 Å². The Morgan fingerprint density at radius 3 is 2.64 bits per heavy atom. The fourth-order valence-corrected chi connectivity index (χ4v) is 2.77. The first kappa shape index (κ1) is 16.4. The highest BCUT2D eigenvalue weighted by Gasteiger charge is 2.10. The molecule has 1 atom stereocenters. The smallest absolute Gasteiger partial charge is 0.191 e. The lowest BCUT2D eigenvalue weighted by Crippen LogP contribution is -2.44. The lowest BCUT2D eigenvalue weighted by atomic mass is 10.2. The number of para-hydroxylation sites is 1. The van der Waals surface area contributed by atoms with Crippen LogP contribution in [0.5, 0.6) is 0 Å². The minimum absolute atomic E-state index is 0.363. The molecule has 0 aliphatic heterocycles. The number of likely N-dealkylation sites (N-methyl/N-ethyl adjacent to an activating group) is 1. The summed E-state index contributed by atoms with van der Waals surface area (Å²) in [6.45, 7) is 3.83. The molecule has 5 heteroatoms. The van der Waals surface area contributed by atoms with Crippen molar-refractivity contribution >= 4 is 23.0 Å². The highest BCUT2D eigenvalue weighted by molar-refractivity contribution is 7.07. The van der Waals surface area contributed by atoms with Gasteiger partial charge in [-0.3, -0.25) is 4.99 Å². The molecule has 0 saturated carbocycles. The average molecular weight is 316 g/mol. The third-order valence-electron chi connectivity index (χ3n) is 3.65. The standard InChI is InChI=1S/C17H24N4S/c1-14(21(3)16-7-5-4-6-8-16)11-19-17(18-2)20-12-15-9-10-22-13-15/h4-10,13-14H,11-12H2,1-3H3,(H2,18,19,20). The van der Waals surface area contributed by atoms with Crippen LogP contribution in [0.15, 0.2) is 52.2 Å². The summed E-state index contributed by atoms with van der Waals surface area (Å²) >= 11 is 1.71. The first-order valence-corrected chi connectivity index (χ1v) is 8.38. The monoisotopic (exact) mass is 316 g/mol. The molecule has 0 radical (unpaired) electrons. The molecule has 1 aromatic heterocycles. The van der Waals surface area contributed by atoms with Crippen LogP contribution in [0.3, 0.4) is 0 Å². The molecule has 22 heavy (non-hydrogen) atoms. The van der Waals surface area contributed by atoms with Crippen molar-refractivity contribution in [3.8, 4) is 0 Å². The molecule has 2 N–H and O–H groups in total. The van der Waals surface area contributed by atoms with Crippen molar-refractivity contribution in [2.45, 2.75) is 19.5 Å². The van der Waals surface area contributed by atoms with Crippen LogP contribution in [0.2, 0.25) is 0 Å². The molecule has 2 aromatic rings. The number of aliphatic imine (C=N–C) groups is 1. The number of benzene rings is 1. The first-order valence-electron chi connectivity index (χ1n) is 7.44. The summed E-state index contributed by atoms with van der Waals surface area (Å²) in [6.07, 6.45) is 0. The second-order valence-corrected chi connectivity index (χ2v) is 6.01. The van der Waals surface area contributed by atoms with Crippen molar-refractivity contribution < 1.29 is 0 Å². The summed E-state index contributed by atoms with van der Waals surface area (Å²) in [5, 5.41) is 10.9. The van der Waals surface area contributed by atoms with Crippen molar-refractivity contribution in [3.63, 3.8) is 0 Å². The van der Waals surface area contributed by atoms with Crippen molar-refractivity contribution in [3.05, 3.63) is 52.7 Å².